The summed E-state index contributed by atoms with van der Waals surface area (Å²) in [6.07, 6.45) is 1.48. The number of amides is 1. The summed E-state index contributed by atoms with van der Waals surface area (Å²) in [5.74, 6) is 0.190. The highest BCUT2D eigenvalue weighted by Crippen LogP contribution is 2.27. The third-order valence-electron chi connectivity index (χ3n) is 3.55. The molecule has 28 heavy (non-hydrogen) atoms. The van der Waals surface area contributed by atoms with Crippen molar-refractivity contribution in [2.75, 3.05) is 12.9 Å². The monoisotopic (exact) mass is 398 g/mol. The third-order valence-corrected chi connectivity index (χ3v) is 4.43. The van der Waals surface area contributed by atoms with E-state index in [4.69, 9.17) is 9.47 Å². The van der Waals surface area contributed by atoms with Crippen molar-refractivity contribution in [2.45, 2.75) is 12.1 Å². The lowest BCUT2D eigenvalue weighted by atomic mass is 10.2. The average Bonchev–Trinajstić information content (AvgIpc) is 3.10. The highest BCUT2D eigenvalue weighted by molar-refractivity contribution is 7.99. The second-order valence-electron chi connectivity index (χ2n) is 5.64. The van der Waals surface area contributed by atoms with E-state index in [-0.39, 0.29) is 11.7 Å². The molecule has 0 fully saturated rings. The third kappa shape index (κ3) is 5.10. The number of hydrogen-bond donors (Lipinski definition) is 2. The molecule has 0 radical (unpaired) electrons. The minimum absolute atomic E-state index is 0.172. The fourth-order valence-corrected chi connectivity index (χ4v) is 3.02. The Bertz CT molecular complexity index is 999. The van der Waals surface area contributed by atoms with Crippen LogP contribution in [0.25, 0.3) is 11.0 Å². The van der Waals surface area contributed by atoms with E-state index in [0.29, 0.717) is 22.2 Å². The van der Waals surface area contributed by atoms with Gasteiger partial charge in [0.25, 0.3) is 5.91 Å². The number of H-pyrrole nitrogens is 1. The molecule has 8 nitrogen and oxygen atoms in total. The van der Waals surface area contributed by atoms with Crippen LogP contribution in [0.3, 0.4) is 0 Å². The van der Waals surface area contributed by atoms with Crippen molar-refractivity contribution in [3.05, 3.63) is 48.0 Å². The van der Waals surface area contributed by atoms with Gasteiger partial charge in [-0.3, -0.25) is 9.59 Å². The largest absolute Gasteiger partial charge is 0.493 e. The molecule has 0 saturated heterocycles. The molecule has 3 rings (SSSR count). The molecule has 1 heterocycles. The Morgan fingerprint density at radius 1 is 1.25 bits per heavy atom. The standard InChI is InChI=1S/C19H18N4O4S/c1-12(24)27-16-8-7-13(9-17(16)26-2)10-20-23-18(25)11-28-19-21-14-5-3-4-6-15(14)22-19/h3-10H,11H2,1-2H3,(H,21,22)(H,23,25). The zero-order valence-corrected chi connectivity index (χ0v) is 16.1. The SMILES string of the molecule is COc1cc(C=NNC(=O)CSc2nc3ccccc3[nH]2)ccc1OC(C)=O. The van der Waals surface area contributed by atoms with Crippen LogP contribution in [-0.2, 0) is 9.59 Å². The van der Waals surface area contributed by atoms with Crippen molar-refractivity contribution < 1.29 is 19.1 Å². The number of aromatic nitrogens is 2. The van der Waals surface area contributed by atoms with Crippen LogP contribution in [0.2, 0.25) is 0 Å². The summed E-state index contributed by atoms with van der Waals surface area (Å²) in [6, 6.07) is 12.6. The highest BCUT2D eigenvalue weighted by Gasteiger charge is 2.08. The van der Waals surface area contributed by atoms with Gasteiger partial charge in [-0.2, -0.15) is 5.10 Å². The Morgan fingerprint density at radius 2 is 2.07 bits per heavy atom. The van der Waals surface area contributed by atoms with E-state index in [0.717, 1.165) is 11.0 Å². The normalized spacial score (nSPS) is 10.9. The van der Waals surface area contributed by atoms with Crippen LogP contribution >= 0.6 is 11.8 Å². The van der Waals surface area contributed by atoms with Crippen molar-refractivity contribution in [1.29, 1.82) is 0 Å². The molecule has 0 aliphatic rings. The number of aromatic amines is 1. The molecule has 3 aromatic rings. The van der Waals surface area contributed by atoms with E-state index >= 15 is 0 Å². The number of carbonyl (C=O) groups excluding carboxylic acids is 2. The number of thioether (sulfide) groups is 1. The molecular weight excluding hydrogens is 380 g/mol. The van der Waals surface area contributed by atoms with Crippen molar-refractivity contribution in [3.63, 3.8) is 0 Å². The molecule has 9 heteroatoms. The number of imidazole rings is 1. The summed E-state index contributed by atoms with van der Waals surface area (Å²) in [5, 5.41) is 4.60. The van der Waals surface area contributed by atoms with E-state index in [9.17, 15) is 9.59 Å². The molecule has 0 aliphatic heterocycles. The first-order valence-electron chi connectivity index (χ1n) is 8.31. The number of para-hydroxylation sites is 2. The van der Waals surface area contributed by atoms with Gasteiger partial charge < -0.3 is 14.5 Å². The number of rotatable bonds is 7. The van der Waals surface area contributed by atoms with Gasteiger partial charge in [-0.1, -0.05) is 23.9 Å². The van der Waals surface area contributed by atoms with Crippen LogP contribution in [0.5, 0.6) is 11.5 Å². The predicted octanol–water partition coefficient (Wildman–Crippen LogP) is 2.74. The number of nitrogens with zero attached hydrogens (tertiary/aromatic N) is 2. The first kappa shape index (κ1) is 19.4. The summed E-state index contributed by atoms with van der Waals surface area (Å²) in [6.45, 7) is 1.31. The van der Waals surface area contributed by atoms with Crippen LogP contribution < -0.4 is 14.9 Å². The topological polar surface area (TPSA) is 106 Å². The van der Waals surface area contributed by atoms with Crippen LogP contribution in [0.4, 0.5) is 0 Å². The van der Waals surface area contributed by atoms with E-state index in [1.807, 2.05) is 24.3 Å². The maximum Gasteiger partial charge on any atom is 0.308 e. The summed E-state index contributed by atoms with van der Waals surface area (Å²) in [5.41, 5.74) is 4.92. The molecule has 0 bridgehead atoms. The molecule has 1 aromatic heterocycles. The summed E-state index contributed by atoms with van der Waals surface area (Å²) in [7, 11) is 1.47. The summed E-state index contributed by atoms with van der Waals surface area (Å²) in [4.78, 5) is 30.6. The zero-order chi connectivity index (χ0) is 19.9. The van der Waals surface area contributed by atoms with E-state index in [1.54, 1.807) is 18.2 Å². The summed E-state index contributed by atoms with van der Waals surface area (Å²) >= 11 is 1.29. The molecule has 144 valence electrons. The second-order valence-corrected chi connectivity index (χ2v) is 6.61. The van der Waals surface area contributed by atoms with Crippen molar-refractivity contribution in [2.24, 2.45) is 5.10 Å². The van der Waals surface area contributed by atoms with Crippen LogP contribution in [0, 0.1) is 0 Å². The van der Waals surface area contributed by atoms with Crippen LogP contribution in [0.1, 0.15) is 12.5 Å². The van der Waals surface area contributed by atoms with E-state index < -0.39 is 5.97 Å². The average molecular weight is 398 g/mol. The quantitative estimate of drug-likeness (QED) is 0.208. The molecular formula is C19H18N4O4S. The Kier molecular flexibility index (Phi) is 6.28. The predicted molar refractivity (Wildman–Crippen MR) is 107 cm³/mol. The van der Waals surface area contributed by atoms with Gasteiger partial charge in [-0.15, -0.1) is 0 Å². The number of fused-ring (bicyclic) bond motifs is 1. The molecule has 0 spiro atoms. The number of hydrogen-bond acceptors (Lipinski definition) is 7. The molecule has 0 atom stereocenters. The minimum atomic E-state index is -0.436. The van der Waals surface area contributed by atoms with Gasteiger partial charge in [-0.05, 0) is 35.9 Å². The number of benzene rings is 2. The van der Waals surface area contributed by atoms with Gasteiger partial charge in [0.15, 0.2) is 16.7 Å². The fraction of sp³-hybridized carbons (Fsp3) is 0.158. The van der Waals surface area contributed by atoms with Gasteiger partial charge in [-0.25, -0.2) is 10.4 Å². The van der Waals surface area contributed by atoms with Crippen molar-refractivity contribution in [3.8, 4) is 11.5 Å². The van der Waals surface area contributed by atoms with E-state index in [2.05, 4.69) is 20.5 Å². The van der Waals surface area contributed by atoms with Crippen LogP contribution in [0.15, 0.2) is 52.7 Å². The van der Waals surface area contributed by atoms with Crippen LogP contribution in [-0.4, -0.2) is 40.9 Å². The molecule has 1 amide bonds. The lowest BCUT2D eigenvalue weighted by Crippen LogP contribution is -2.19. The number of hydrazone groups is 1. The second kappa shape index (κ2) is 9.05. The number of carbonyl (C=O) groups is 2. The lowest BCUT2D eigenvalue weighted by molar-refractivity contribution is -0.132. The number of nitrogens with one attached hydrogen (secondary N) is 2. The minimum Gasteiger partial charge on any atom is -0.493 e. The lowest BCUT2D eigenvalue weighted by Gasteiger charge is -2.08. The molecule has 0 saturated carbocycles. The smallest absolute Gasteiger partial charge is 0.308 e. The first-order valence-corrected chi connectivity index (χ1v) is 9.29. The zero-order valence-electron chi connectivity index (χ0n) is 15.3. The maximum atomic E-state index is 12.0. The number of esters is 1. The Labute approximate surface area is 165 Å². The Morgan fingerprint density at radius 3 is 2.82 bits per heavy atom. The Hall–Kier alpha value is -3.33. The van der Waals surface area contributed by atoms with Gasteiger partial charge in [0.05, 0.1) is 30.1 Å². The van der Waals surface area contributed by atoms with Gasteiger partial charge in [0, 0.05) is 6.92 Å². The molecule has 0 aliphatic carbocycles. The maximum absolute atomic E-state index is 12.0. The van der Waals surface area contributed by atoms with Gasteiger partial charge >= 0.3 is 5.97 Å². The molecule has 0 unspecified atom stereocenters. The van der Waals surface area contributed by atoms with Gasteiger partial charge in [0.1, 0.15) is 0 Å². The Balaban J connectivity index is 1.53. The number of methoxy groups -OCH3 is 1. The van der Waals surface area contributed by atoms with E-state index in [1.165, 1.54) is 32.0 Å². The van der Waals surface area contributed by atoms with Crippen molar-refractivity contribution >= 4 is 40.9 Å². The highest BCUT2D eigenvalue weighted by atomic mass is 32.2. The number of ether oxygens (including phenoxy) is 2. The van der Waals surface area contributed by atoms with Gasteiger partial charge in [0.2, 0.25) is 0 Å². The molecule has 2 N–H and O–H groups in total. The fourth-order valence-electron chi connectivity index (χ4n) is 2.35. The summed E-state index contributed by atoms with van der Waals surface area (Å²) < 4.78 is 10.2. The first-order chi connectivity index (χ1) is 13.5. The van der Waals surface area contributed by atoms with Crippen molar-refractivity contribution in [1.82, 2.24) is 15.4 Å². The molecule has 2 aromatic carbocycles.